The summed E-state index contributed by atoms with van der Waals surface area (Å²) in [5.41, 5.74) is 8.58. The van der Waals surface area contributed by atoms with E-state index in [0.29, 0.717) is 22.4 Å². The Kier molecular flexibility index (Phi) is 3.87. The number of pyridine rings is 1. The minimum absolute atomic E-state index is 0.00352. The van der Waals surface area contributed by atoms with Crippen molar-refractivity contribution in [3.8, 4) is 0 Å². The lowest BCUT2D eigenvalue weighted by molar-refractivity contribution is 0.0585. The molecule has 0 bridgehead atoms. The molecule has 2 unspecified atom stereocenters. The maximum atomic E-state index is 13.1. The third kappa shape index (κ3) is 2.47. The van der Waals surface area contributed by atoms with Gasteiger partial charge in [0.25, 0.3) is 11.6 Å². The highest BCUT2D eigenvalue weighted by molar-refractivity contribution is 6.06. The van der Waals surface area contributed by atoms with Crippen LogP contribution in [0.25, 0.3) is 11.1 Å². The Morgan fingerprint density at radius 1 is 1.45 bits per heavy atom. The number of nitrogens with two attached hydrogens (primary N) is 1. The number of carbonyl (C=O) groups excluding carboxylic acids is 1. The molecule has 6 heteroatoms. The van der Waals surface area contributed by atoms with E-state index in [0.717, 1.165) is 31.5 Å². The topological polar surface area (TPSA) is 85.2 Å². The number of aryl methyl sites for hydroxylation is 2. The largest absolute Gasteiger partial charge is 0.336 e. The molecular weight excluding hydrogens is 280 g/mol. The molecule has 2 aromatic rings. The monoisotopic (exact) mass is 302 g/mol. The van der Waals surface area contributed by atoms with Crippen LogP contribution in [0.1, 0.15) is 47.9 Å². The lowest BCUT2D eigenvalue weighted by Gasteiger charge is -2.38. The third-order valence-corrected chi connectivity index (χ3v) is 4.39. The number of likely N-dealkylation sites (tertiary alicyclic amines) is 1. The highest BCUT2D eigenvalue weighted by atomic mass is 16.5. The van der Waals surface area contributed by atoms with Gasteiger partial charge in [0.2, 0.25) is 0 Å². The van der Waals surface area contributed by atoms with Crippen LogP contribution in [0.3, 0.4) is 0 Å². The molecule has 0 aromatic carbocycles. The van der Waals surface area contributed by atoms with Gasteiger partial charge in [-0.3, -0.25) is 4.79 Å². The van der Waals surface area contributed by atoms with Crippen molar-refractivity contribution < 1.29 is 9.32 Å². The van der Waals surface area contributed by atoms with Gasteiger partial charge in [-0.25, -0.2) is 4.98 Å². The van der Waals surface area contributed by atoms with Crippen LogP contribution in [0, 0.1) is 13.8 Å². The molecule has 1 saturated heterocycles. The van der Waals surface area contributed by atoms with Crippen LogP contribution in [0.15, 0.2) is 10.6 Å². The number of rotatable bonds is 2. The van der Waals surface area contributed by atoms with Gasteiger partial charge in [-0.15, -0.1) is 0 Å². The molecule has 3 rings (SSSR count). The molecular formula is C16H22N4O2. The van der Waals surface area contributed by atoms with Gasteiger partial charge in [0.05, 0.1) is 16.6 Å². The number of fused-ring (bicyclic) bond motifs is 1. The Morgan fingerprint density at radius 2 is 2.23 bits per heavy atom. The van der Waals surface area contributed by atoms with Gasteiger partial charge in [-0.1, -0.05) is 5.16 Å². The zero-order chi connectivity index (χ0) is 15.9. The number of nitrogens with zero attached hydrogens (tertiary/aromatic N) is 3. The predicted molar refractivity (Wildman–Crippen MR) is 83.6 cm³/mol. The second-order valence-corrected chi connectivity index (χ2v) is 6.18. The SMILES string of the molecule is Cc1cc(C(=O)N2CCCCC2C(C)N)c2c(C)noc2n1. The third-order valence-electron chi connectivity index (χ3n) is 4.39. The lowest BCUT2D eigenvalue weighted by Crippen LogP contribution is -2.51. The molecule has 2 aromatic heterocycles. The molecule has 1 aliphatic rings. The summed E-state index contributed by atoms with van der Waals surface area (Å²) >= 11 is 0. The Labute approximate surface area is 129 Å². The first-order valence-electron chi connectivity index (χ1n) is 7.79. The molecule has 3 heterocycles. The minimum atomic E-state index is -0.0359. The van der Waals surface area contributed by atoms with Crippen LogP contribution >= 0.6 is 0 Å². The fourth-order valence-corrected chi connectivity index (χ4v) is 3.30. The lowest BCUT2D eigenvalue weighted by atomic mass is 9.95. The highest BCUT2D eigenvalue weighted by Gasteiger charge is 2.31. The van der Waals surface area contributed by atoms with Gasteiger partial charge in [0, 0.05) is 24.3 Å². The van der Waals surface area contributed by atoms with Crippen LogP contribution in [0.4, 0.5) is 0 Å². The van der Waals surface area contributed by atoms with E-state index in [9.17, 15) is 4.79 Å². The quantitative estimate of drug-likeness (QED) is 0.919. The summed E-state index contributed by atoms with van der Waals surface area (Å²) in [4.78, 5) is 19.3. The number of piperidine rings is 1. The molecule has 0 radical (unpaired) electrons. The minimum Gasteiger partial charge on any atom is -0.336 e. The van der Waals surface area contributed by atoms with Crippen LogP contribution < -0.4 is 5.73 Å². The summed E-state index contributed by atoms with van der Waals surface area (Å²) in [6, 6.07) is 1.87. The van der Waals surface area contributed by atoms with Crippen molar-refractivity contribution in [1.82, 2.24) is 15.0 Å². The fraction of sp³-hybridized carbons (Fsp3) is 0.562. The fourth-order valence-electron chi connectivity index (χ4n) is 3.30. The van der Waals surface area contributed by atoms with Gasteiger partial charge in [-0.2, -0.15) is 0 Å². The molecule has 22 heavy (non-hydrogen) atoms. The second kappa shape index (κ2) is 5.68. The number of hydrogen-bond acceptors (Lipinski definition) is 5. The maximum Gasteiger partial charge on any atom is 0.258 e. The van der Waals surface area contributed by atoms with Crippen molar-refractivity contribution in [1.29, 1.82) is 0 Å². The zero-order valence-electron chi connectivity index (χ0n) is 13.3. The molecule has 1 fully saturated rings. The van der Waals surface area contributed by atoms with Crippen molar-refractivity contribution in [3.05, 3.63) is 23.0 Å². The van der Waals surface area contributed by atoms with E-state index in [1.165, 1.54) is 0 Å². The van der Waals surface area contributed by atoms with Crippen LogP contribution in [0.5, 0.6) is 0 Å². The van der Waals surface area contributed by atoms with Gasteiger partial charge < -0.3 is 15.2 Å². The molecule has 118 valence electrons. The summed E-state index contributed by atoms with van der Waals surface area (Å²) in [5.74, 6) is 0.00352. The van der Waals surface area contributed by atoms with Gasteiger partial charge >= 0.3 is 0 Å². The molecule has 2 N–H and O–H groups in total. The van der Waals surface area contributed by atoms with E-state index in [1.807, 2.05) is 31.7 Å². The summed E-state index contributed by atoms with van der Waals surface area (Å²) in [7, 11) is 0. The normalized spacial score (nSPS) is 20.4. The first-order valence-corrected chi connectivity index (χ1v) is 7.79. The standard InChI is InChI=1S/C16H22N4O2/c1-9-8-12(14-11(3)19-22-15(14)18-9)16(21)20-7-5-4-6-13(20)10(2)17/h8,10,13H,4-7,17H2,1-3H3. The molecule has 0 spiro atoms. The van der Waals surface area contributed by atoms with E-state index in [2.05, 4.69) is 10.1 Å². The Morgan fingerprint density at radius 3 is 2.95 bits per heavy atom. The number of carbonyl (C=O) groups is 1. The average Bonchev–Trinajstić information content (AvgIpc) is 2.86. The number of aromatic nitrogens is 2. The smallest absolute Gasteiger partial charge is 0.258 e. The predicted octanol–water partition coefficient (Wildman–Crippen LogP) is 2.18. The summed E-state index contributed by atoms with van der Waals surface area (Å²) in [6.07, 6.45) is 3.09. The van der Waals surface area contributed by atoms with E-state index >= 15 is 0 Å². The van der Waals surface area contributed by atoms with Crippen molar-refractivity contribution >= 4 is 17.0 Å². The summed E-state index contributed by atoms with van der Waals surface area (Å²) < 4.78 is 5.23. The summed E-state index contributed by atoms with van der Waals surface area (Å²) in [5, 5.41) is 4.66. The molecule has 2 atom stereocenters. The highest BCUT2D eigenvalue weighted by Crippen LogP contribution is 2.27. The first kappa shape index (κ1) is 15.0. The van der Waals surface area contributed by atoms with E-state index in [-0.39, 0.29) is 18.0 Å². The molecule has 0 aliphatic carbocycles. The number of hydrogen-bond donors (Lipinski definition) is 1. The molecule has 6 nitrogen and oxygen atoms in total. The van der Waals surface area contributed by atoms with Gasteiger partial charge in [0.15, 0.2) is 0 Å². The Hall–Kier alpha value is -1.95. The zero-order valence-corrected chi connectivity index (χ0v) is 13.3. The number of amides is 1. The molecule has 0 saturated carbocycles. The van der Waals surface area contributed by atoms with Gasteiger partial charge in [0.1, 0.15) is 0 Å². The van der Waals surface area contributed by atoms with E-state index in [1.54, 1.807) is 0 Å². The van der Waals surface area contributed by atoms with Crippen molar-refractivity contribution in [2.45, 2.75) is 52.1 Å². The van der Waals surface area contributed by atoms with E-state index in [4.69, 9.17) is 10.3 Å². The maximum absolute atomic E-state index is 13.1. The Bertz CT molecular complexity index is 707. The van der Waals surface area contributed by atoms with Crippen molar-refractivity contribution in [2.24, 2.45) is 5.73 Å². The van der Waals surface area contributed by atoms with Crippen LogP contribution in [-0.4, -0.2) is 39.6 Å². The summed E-state index contributed by atoms with van der Waals surface area (Å²) in [6.45, 7) is 6.40. The second-order valence-electron chi connectivity index (χ2n) is 6.18. The molecule has 1 amide bonds. The van der Waals surface area contributed by atoms with Crippen LogP contribution in [0.2, 0.25) is 0 Å². The van der Waals surface area contributed by atoms with Crippen LogP contribution in [-0.2, 0) is 0 Å². The van der Waals surface area contributed by atoms with Crippen molar-refractivity contribution in [2.75, 3.05) is 6.54 Å². The molecule has 1 aliphatic heterocycles. The van der Waals surface area contributed by atoms with Gasteiger partial charge in [-0.05, 0) is 46.1 Å². The first-order chi connectivity index (χ1) is 10.5. The van der Waals surface area contributed by atoms with E-state index < -0.39 is 0 Å². The van der Waals surface area contributed by atoms with Crippen molar-refractivity contribution in [3.63, 3.8) is 0 Å². The average molecular weight is 302 g/mol. The Balaban J connectivity index is 2.06.